The van der Waals surface area contributed by atoms with E-state index in [0.717, 1.165) is 5.69 Å². The minimum absolute atomic E-state index is 0.565. The molecule has 0 saturated carbocycles. The number of rotatable bonds is 3. The van der Waals surface area contributed by atoms with Gasteiger partial charge in [0.15, 0.2) is 0 Å². The number of hydrogen-bond acceptors (Lipinski definition) is 1. The number of aryl methyl sites for hydroxylation is 1. The van der Waals surface area contributed by atoms with Crippen molar-refractivity contribution in [2.45, 2.75) is 6.92 Å². The summed E-state index contributed by atoms with van der Waals surface area (Å²) in [5, 5.41) is 3.78. The lowest BCUT2D eigenvalue weighted by atomic mass is 10.2. The Morgan fingerprint density at radius 3 is 2.77 bits per heavy atom. The molecule has 0 saturated heterocycles. The molecule has 70 valence electrons. The molecule has 13 heavy (non-hydrogen) atoms. The zero-order valence-corrected chi connectivity index (χ0v) is 8.86. The lowest BCUT2D eigenvalue weighted by Gasteiger charge is -2.07. The summed E-state index contributed by atoms with van der Waals surface area (Å²) in [6.45, 7) is 2.61. The summed E-state index contributed by atoms with van der Waals surface area (Å²) in [4.78, 5) is 0. The van der Waals surface area contributed by atoms with Gasteiger partial charge >= 0.3 is 0 Å². The molecule has 0 heterocycles. The number of halogens is 2. The number of nitrogens with one attached hydrogen (secondary N) is 1. The van der Waals surface area contributed by atoms with Gasteiger partial charge in [-0.25, -0.2) is 0 Å². The van der Waals surface area contributed by atoms with Crippen LogP contribution in [0.25, 0.3) is 0 Å². The van der Waals surface area contributed by atoms with Crippen LogP contribution < -0.4 is 5.32 Å². The van der Waals surface area contributed by atoms with E-state index < -0.39 is 0 Å². The van der Waals surface area contributed by atoms with Crippen molar-refractivity contribution >= 4 is 28.9 Å². The van der Waals surface area contributed by atoms with E-state index in [1.54, 1.807) is 0 Å². The van der Waals surface area contributed by atoms with Crippen LogP contribution in [0.15, 0.2) is 34.8 Å². The summed E-state index contributed by atoms with van der Waals surface area (Å²) in [5.74, 6) is 0. The van der Waals surface area contributed by atoms with Gasteiger partial charge in [0.2, 0.25) is 0 Å². The van der Waals surface area contributed by atoms with E-state index in [1.165, 1.54) is 11.1 Å². The Labute approximate surface area is 88.4 Å². The second-order valence-corrected chi connectivity index (χ2v) is 3.43. The molecule has 1 rings (SSSR count). The monoisotopic (exact) mass is 215 g/mol. The van der Waals surface area contributed by atoms with E-state index in [2.05, 4.69) is 5.32 Å². The van der Waals surface area contributed by atoms with Crippen LogP contribution in [-0.2, 0) is 0 Å². The topological polar surface area (TPSA) is 12.0 Å². The Morgan fingerprint density at radius 1 is 1.46 bits per heavy atom. The Balaban J connectivity index is 2.60. The third-order valence-corrected chi connectivity index (χ3v) is 2.33. The van der Waals surface area contributed by atoms with Crippen molar-refractivity contribution in [3.8, 4) is 0 Å². The molecule has 0 aliphatic heterocycles. The molecule has 1 aromatic carbocycles. The van der Waals surface area contributed by atoms with E-state index in [-0.39, 0.29) is 0 Å². The smallest absolute Gasteiger partial charge is 0.0516 e. The number of hydrogen-bond donors (Lipinski definition) is 1. The summed E-state index contributed by atoms with van der Waals surface area (Å²) in [6.07, 6.45) is 0. The standard InChI is InChI=1S/C10H11Cl2N/c1-8-4-2-3-5-10(8)13-7-9(12)6-11/h2-6,13H,7H2,1H3. The van der Waals surface area contributed by atoms with Gasteiger partial charge in [0.1, 0.15) is 0 Å². The summed E-state index contributed by atoms with van der Waals surface area (Å²) in [6, 6.07) is 8.03. The average molecular weight is 216 g/mol. The lowest BCUT2D eigenvalue weighted by Crippen LogP contribution is -2.02. The first-order valence-electron chi connectivity index (χ1n) is 3.98. The third-order valence-electron chi connectivity index (χ3n) is 1.71. The van der Waals surface area contributed by atoms with E-state index in [9.17, 15) is 0 Å². The first kappa shape index (κ1) is 10.4. The van der Waals surface area contributed by atoms with Gasteiger partial charge in [-0.2, -0.15) is 0 Å². The van der Waals surface area contributed by atoms with Gasteiger partial charge in [-0.05, 0) is 18.6 Å². The Morgan fingerprint density at radius 2 is 2.15 bits per heavy atom. The molecule has 0 spiro atoms. The molecule has 0 unspecified atom stereocenters. The SMILES string of the molecule is Cc1ccccc1NCC(Cl)=CCl. The van der Waals surface area contributed by atoms with Crippen LogP contribution in [-0.4, -0.2) is 6.54 Å². The van der Waals surface area contributed by atoms with Gasteiger partial charge in [-0.3, -0.25) is 0 Å². The van der Waals surface area contributed by atoms with Gasteiger partial charge < -0.3 is 5.32 Å². The maximum atomic E-state index is 5.73. The fraction of sp³-hybridized carbons (Fsp3) is 0.200. The van der Waals surface area contributed by atoms with Crippen molar-refractivity contribution in [2.75, 3.05) is 11.9 Å². The third kappa shape index (κ3) is 3.29. The minimum Gasteiger partial charge on any atom is -0.380 e. The van der Waals surface area contributed by atoms with Crippen LogP contribution in [0.3, 0.4) is 0 Å². The van der Waals surface area contributed by atoms with Crippen LogP contribution in [0.1, 0.15) is 5.56 Å². The molecule has 0 radical (unpaired) electrons. The fourth-order valence-corrected chi connectivity index (χ4v) is 1.13. The van der Waals surface area contributed by atoms with Crippen LogP contribution in [0.5, 0.6) is 0 Å². The van der Waals surface area contributed by atoms with Crippen LogP contribution >= 0.6 is 23.2 Å². The predicted molar refractivity (Wildman–Crippen MR) is 59.5 cm³/mol. The molecule has 1 aromatic rings. The molecule has 0 aromatic heterocycles. The van der Waals surface area contributed by atoms with Crippen LogP contribution in [0.2, 0.25) is 0 Å². The Hall–Kier alpha value is -0.660. The lowest BCUT2D eigenvalue weighted by molar-refractivity contribution is 1.28. The zero-order chi connectivity index (χ0) is 9.68. The predicted octanol–water partition coefficient (Wildman–Crippen LogP) is 3.73. The molecule has 0 atom stereocenters. The van der Waals surface area contributed by atoms with Gasteiger partial charge in [-0.1, -0.05) is 41.4 Å². The van der Waals surface area contributed by atoms with E-state index in [1.807, 2.05) is 31.2 Å². The van der Waals surface area contributed by atoms with Crippen molar-refractivity contribution < 1.29 is 0 Å². The molecule has 0 fully saturated rings. The van der Waals surface area contributed by atoms with Gasteiger partial charge in [0, 0.05) is 16.3 Å². The van der Waals surface area contributed by atoms with Crippen molar-refractivity contribution in [1.29, 1.82) is 0 Å². The molecule has 0 aliphatic rings. The molecule has 0 aliphatic carbocycles. The Kier molecular flexibility index (Phi) is 4.13. The van der Waals surface area contributed by atoms with Crippen LogP contribution in [0, 0.1) is 6.92 Å². The minimum atomic E-state index is 0.565. The quantitative estimate of drug-likeness (QED) is 0.811. The first-order valence-corrected chi connectivity index (χ1v) is 4.79. The highest BCUT2D eigenvalue weighted by Crippen LogP contribution is 2.14. The highest BCUT2D eigenvalue weighted by molar-refractivity contribution is 6.36. The van der Waals surface area contributed by atoms with Gasteiger partial charge in [0.25, 0.3) is 0 Å². The second-order valence-electron chi connectivity index (χ2n) is 2.72. The fourth-order valence-electron chi connectivity index (χ4n) is 0.989. The van der Waals surface area contributed by atoms with Crippen molar-refractivity contribution in [3.05, 3.63) is 40.4 Å². The highest BCUT2D eigenvalue weighted by atomic mass is 35.5. The first-order chi connectivity index (χ1) is 6.24. The number of para-hydroxylation sites is 1. The number of anilines is 1. The highest BCUT2D eigenvalue weighted by Gasteiger charge is 1.95. The summed E-state index contributed by atoms with van der Waals surface area (Å²) >= 11 is 11.2. The molecular weight excluding hydrogens is 205 g/mol. The maximum Gasteiger partial charge on any atom is 0.0516 e. The molecule has 1 nitrogen and oxygen atoms in total. The molecule has 3 heteroatoms. The second kappa shape index (κ2) is 5.15. The molecule has 0 amide bonds. The zero-order valence-electron chi connectivity index (χ0n) is 7.35. The van der Waals surface area contributed by atoms with Gasteiger partial charge in [0.05, 0.1) is 6.54 Å². The van der Waals surface area contributed by atoms with E-state index in [0.29, 0.717) is 11.6 Å². The normalized spacial score (nSPS) is 11.5. The summed E-state index contributed by atoms with van der Waals surface area (Å²) < 4.78 is 0. The maximum absolute atomic E-state index is 5.73. The van der Waals surface area contributed by atoms with Gasteiger partial charge in [-0.15, -0.1) is 0 Å². The average Bonchev–Trinajstić information content (AvgIpc) is 2.16. The largest absolute Gasteiger partial charge is 0.380 e. The molecule has 0 bridgehead atoms. The van der Waals surface area contributed by atoms with Crippen molar-refractivity contribution in [2.24, 2.45) is 0 Å². The number of benzene rings is 1. The Bertz CT molecular complexity index is 308. The summed E-state index contributed by atoms with van der Waals surface area (Å²) in [7, 11) is 0. The van der Waals surface area contributed by atoms with Crippen molar-refractivity contribution in [3.63, 3.8) is 0 Å². The van der Waals surface area contributed by atoms with E-state index >= 15 is 0 Å². The van der Waals surface area contributed by atoms with E-state index in [4.69, 9.17) is 23.2 Å². The van der Waals surface area contributed by atoms with Crippen molar-refractivity contribution in [1.82, 2.24) is 0 Å². The summed E-state index contributed by atoms with van der Waals surface area (Å²) in [5.41, 5.74) is 3.65. The molecular formula is C10H11Cl2N. The van der Waals surface area contributed by atoms with Crippen LogP contribution in [0.4, 0.5) is 5.69 Å². The molecule has 1 N–H and O–H groups in total.